The van der Waals surface area contributed by atoms with Crippen LogP contribution >= 0.6 is 11.6 Å². The van der Waals surface area contributed by atoms with Crippen LogP contribution in [0, 0.1) is 13.8 Å². The number of amides is 2. The number of anilines is 1. The highest BCUT2D eigenvalue weighted by Crippen LogP contribution is 2.38. The van der Waals surface area contributed by atoms with Crippen molar-refractivity contribution in [1.29, 1.82) is 0 Å². The molecule has 0 aliphatic carbocycles. The summed E-state index contributed by atoms with van der Waals surface area (Å²) in [5.74, 6) is 0.302. The number of fused-ring (bicyclic) bond motifs is 1. The van der Waals surface area contributed by atoms with Crippen molar-refractivity contribution in [3.8, 4) is 11.5 Å². The minimum Gasteiger partial charge on any atom is -0.489 e. The molecule has 3 rings (SSSR count). The third-order valence-electron chi connectivity index (χ3n) is 4.52. The van der Waals surface area contributed by atoms with Gasteiger partial charge in [0.15, 0.2) is 11.5 Å². The maximum absolute atomic E-state index is 12.8. The lowest BCUT2D eigenvalue weighted by Crippen LogP contribution is -2.35. The summed E-state index contributed by atoms with van der Waals surface area (Å²) in [7, 11) is 1.57. The average Bonchev–Trinajstić information content (AvgIpc) is 2.90. The van der Waals surface area contributed by atoms with Crippen LogP contribution < -0.4 is 14.8 Å². The maximum Gasteiger partial charge on any atom is 0.254 e. The van der Waals surface area contributed by atoms with Gasteiger partial charge in [-0.1, -0.05) is 29.8 Å². The first-order valence-corrected chi connectivity index (χ1v) is 9.45. The minimum atomic E-state index is -0.325. The summed E-state index contributed by atoms with van der Waals surface area (Å²) in [5.41, 5.74) is 3.05. The van der Waals surface area contributed by atoms with E-state index in [9.17, 15) is 9.59 Å². The van der Waals surface area contributed by atoms with Gasteiger partial charge in [-0.25, -0.2) is 0 Å². The molecular weight excluding hydrogens is 380 g/mol. The molecule has 2 aromatic carbocycles. The molecule has 0 saturated heterocycles. The van der Waals surface area contributed by atoms with Crippen molar-refractivity contribution in [1.82, 2.24) is 4.90 Å². The number of para-hydroxylation sites is 1. The summed E-state index contributed by atoms with van der Waals surface area (Å²) in [6.45, 7) is 4.78. The zero-order valence-corrected chi connectivity index (χ0v) is 16.9. The fraction of sp³-hybridized carbons (Fsp3) is 0.333. The van der Waals surface area contributed by atoms with Crippen LogP contribution in [0.3, 0.4) is 0 Å². The van der Waals surface area contributed by atoms with Crippen LogP contribution in [0.4, 0.5) is 5.69 Å². The van der Waals surface area contributed by atoms with Gasteiger partial charge in [0.05, 0.1) is 24.8 Å². The molecule has 1 aliphatic rings. The van der Waals surface area contributed by atoms with Crippen molar-refractivity contribution in [3.05, 3.63) is 52.0 Å². The average molecular weight is 403 g/mol. The van der Waals surface area contributed by atoms with Gasteiger partial charge in [-0.05, 0) is 37.1 Å². The van der Waals surface area contributed by atoms with Gasteiger partial charge in [-0.2, -0.15) is 0 Å². The number of likely N-dealkylation sites (N-methyl/N-ethyl adjacent to an activating group) is 1. The highest BCUT2D eigenvalue weighted by Gasteiger charge is 2.21. The molecule has 0 saturated carbocycles. The highest BCUT2D eigenvalue weighted by atomic mass is 35.5. The van der Waals surface area contributed by atoms with Crippen LogP contribution in [-0.2, 0) is 4.79 Å². The first kappa shape index (κ1) is 20.0. The fourth-order valence-corrected chi connectivity index (χ4v) is 3.32. The topological polar surface area (TPSA) is 67.9 Å². The predicted molar refractivity (Wildman–Crippen MR) is 109 cm³/mol. The van der Waals surface area contributed by atoms with Gasteiger partial charge in [0.1, 0.15) is 0 Å². The molecule has 0 spiro atoms. The zero-order valence-electron chi connectivity index (χ0n) is 16.2. The van der Waals surface area contributed by atoms with Crippen LogP contribution in [0.15, 0.2) is 30.3 Å². The first-order valence-electron chi connectivity index (χ1n) is 9.07. The van der Waals surface area contributed by atoms with Gasteiger partial charge in [-0.3, -0.25) is 9.59 Å². The number of nitrogens with zero attached hydrogens (tertiary/aromatic N) is 1. The molecule has 1 aliphatic heterocycles. The monoisotopic (exact) mass is 402 g/mol. The number of aryl methyl sites for hydroxylation is 2. The van der Waals surface area contributed by atoms with Crippen molar-refractivity contribution in [2.75, 3.05) is 32.1 Å². The lowest BCUT2D eigenvalue weighted by molar-refractivity contribution is -0.116. The molecular formula is C21H23ClN2O4. The fourth-order valence-electron chi connectivity index (χ4n) is 3.05. The Hall–Kier alpha value is -2.73. The summed E-state index contributed by atoms with van der Waals surface area (Å²) in [4.78, 5) is 26.6. The summed E-state index contributed by atoms with van der Waals surface area (Å²) in [5, 5.41) is 3.20. The van der Waals surface area contributed by atoms with Gasteiger partial charge in [0.25, 0.3) is 5.91 Å². The highest BCUT2D eigenvalue weighted by molar-refractivity contribution is 6.32. The lowest BCUT2D eigenvalue weighted by Gasteiger charge is -2.19. The van der Waals surface area contributed by atoms with E-state index in [1.54, 1.807) is 13.1 Å². The molecule has 0 bridgehead atoms. The van der Waals surface area contributed by atoms with E-state index in [4.69, 9.17) is 21.1 Å². The number of hydrogen-bond donors (Lipinski definition) is 1. The molecule has 0 atom stereocenters. The summed E-state index contributed by atoms with van der Waals surface area (Å²) in [6, 6.07) is 8.93. The van der Waals surface area contributed by atoms with E-state index in [2.05, 4.69) is 5.32 Å². The third kappa shape index (κ3) is 4.39. The second kappa shape index (κ2) is 8.52. The minimum absolute atomic E-state index is 0.0847. The largest absolute Gasteiger partial charge is 0.489 e. The Morgan fingerprint density at radius 3 is 2.54 bits per heavy atom. The smallest absolute Gasteiger partial charge is 0.254 e. The molecule has 6 nitrogen and oxygen atoms in total. The second-order valence-corrected chi connectivity index (χ2v) is 7.22. The molecule has 2 aromatic rings. The Kier molecular flexibility index (Phi) is 6.09. The number of rotatable bonds is 4. The van der Waals surface area contributed by atoms with Gasteiger partial charge >= 0.3 is 0 Å². The van der Waals surface area contributed by atoms with E-state index < -0.39 is 0 Å². The molecule has 2 amide bonds. The second-order valence-electron chi connectivity index (χ2n) is 6.81. The lowest BCUT2D eigenvalue weighted by atomic mass is 10.1. The normalized spacial score (nSPS) is 12.9. The number of hydrogen-bond acceptors (Lipinski definition) is 4. The zero-order chi connectivity index (χ0) is 20.3. The Balaban J connectivity index is 1.71. The molecule has 0 unspecified atom stereocenters. The number of carbonyl (C=O) groups is 2. The number of benzene rings is 2. The summed E-state index contributed by atoms with van der Waals surface area (Å²) >= 11 is 6.26. The van der Waals surface area contributed by atoms with E-state index in [1.807, 2.05) is 32.0 Å². The first-order chi connectivity index (χ1) is 13.4. The number of carbonyl (C=O) groups excluding carboxylic acids is 2. The number of nitrogens with one attached hydrogen (secondary N) is 1. The predicted octanol–water partition coefficient (Wildman–Crippen LogP) is 3.83. The maximum atomic E-state index is 12.8. The quantitative estimate of drug-likeness (QED) is 0.843. The van der Waals surface area contributed by atoms with E-state index in [-0.39, 0.29) is 18.4 Å². The van der Waals surface area contributed by atoms with Crippen LogP contribution in [0.1, 0.15) is 27.9 Å². The Morgan fingerprint density at radius 1 is 1.14 bits per heavy atom. The van der Waals surface area contributed by atoms with Crippen molar-refractivity contribution >= 4 is 29.1 Å². The Morgan fingerprint density at radius 2 is 1.82 bits per heavy atom. The van der Waals surface area contributed by atoms with Gasteiger partial charge in [-0.15, -0.1) is 0 Å². The summed E-state index contributed by atoms with van der Waals surface area (Å²) < 4.78 is 11.2. The molecule has 7 heteroatoms. The number of halogens is 1. The molecule has 148 valence electrons. The van der Waals surface area contributed by atoms with Crippen LogP contribution in [0.25, 0.3) is 0 Å². The van der Waals surface area contributed by atoms with Crippen molar-refractivity contribution < 1.29 is 19.1 Å². The van der Waals surface area contributed by atoms with Crippen LogP contribution in [0.2, 0.25) is 5.02 Å². The Bertz CT molecular complexity index is 893. The van der Waals surface area contributed by atoms with E-state index >= 15 is 0 Å². The van der Waals surface area contributed by atoms with Gasteiger partial charge in [0, 0.05) is 24.7 Å². The van der Waals surface area contributed by atoms with Crippen LogP contribution in [-0.4, -0.2) is 43.5 Å². The SMILES string of the molecule is Cc1cccc(C)c1NC(=O)CN(C)C(=O)c1cc(Cl)c2c(c1)OCCCO2. The molecule has 1 N–H and O–H groups in total. The molecule has 1 heterocycles. The van der Waals surface area contributed by atoms with E-state index in [0.717, 1.165) is 23.2 Å². The molecule has 0 aromatic heterocycles. The van der Waals surface area contributed by atoms with E-state index in [0.29, 0.717) is 35.3 Å². The Labute approximate surface area is 169 Å². The van der Waals surface area contributed by atoms with Crippen molar-refractivity contribution in [2.24, 2.45) is 0 Å². The molecule has 28 heavy (non-hydrogen) atoms. The van der Waals surface area contributed by atoms with Gasteiger partial charge < -0.3 is 19.7 Å². The van der Waals surface area contributed by atoms with Crippen molar-refractivity contribution in [2.45, 2.75) is 20.3 Å². The van der Waals surface area contributed by atoms with Crippen molar-refractivity contribution in [3.63, 3.8) is 0 Å². The third-order valence-corrected chi connectivity index (χ3v) is 4.80. The van der Waals surface area contributed by atoms with Crippen LogP contribution in [0.5, 0.6) is 11.5 Å². The number of ether oxygens (including phenoxy) is 2. The molecule has 0 fully saturated rings. The van der Waals surface area contributed by atoms with E-state index in [1.165, 1.54) is 11.0 Å². The van der Waals surface area contributed by atoms with Gasteiger partial charge in [0.2, 0.25) is 5.91 Å². The molecule has 0 radical (unpaired) electrons. The standard InChI is InChI=1S/C21H23ClN2O4/c1-13-6-4-7-14(2)19(13)23-18(25)12-24(3)21(26)15-10-16(22)20-17(11-15)27-8-5-9-28-20/h4,6-7,10-11H,5,8-9,12H2,1-3H3,(H,23,25). The summed E-state index contributed by atoms with van der Waals surface area (Å²) in [6.07, 6.45) is 0.743.